The number of carbonyl (C=O) groups is 2. The Labute approximate surface area is 156 Å². The van der Waals surface area contributed by atoms with E-state index in [4.69, 9.17) is 27.7 Å². The molecule has 0 bridgehead atoms. The third kappa shape index (κ3) is 4.96. The van der Waals surface area contributed by atoms with Gasteiger partial charge in [-0.2, -0.15) is 0 Å². The van der Waals surface area contributed by atoms with E-state index >= 15 is 0 Å². The van der Waals surface area contributed by atoms with Gasteiger partial charge in [-0.15, -0.1) is 0 Å². The molecule has 0 radical (unpaired) electrons. The molecule has 134 valence electrons. The summed E-state index contributed by atoms with van der Waals surface area (Å²) in [4.78, 5) is 26.6. The summed E-state index contributed by atoms with van der Waals surface area (Å²) in [7, 11) is 0. The molecule has 0 aliphatic heterocycles. The van der Waals surface area contributed by atoms with Crippen molar-refractivity contribution in [1.82, 2.24) is 10.1 Å². The van der Waals surface area contributed by atoms with Gasteiger partial charge in [0.25, 0.3) is 5.91 Å². The molecule has 6 nitrogen and oxygen atoms in total. The van der Waals surface area contributed by atoms with Gasteiger partial charge in [-0.1, -0.05) is 28.4 Å². The van der Waals surface area contributed by atoms with Crippen LogP contribution in [-0.2, 0) is 4.79 Å². The van der Waals surface area contributed by atoms with Crippen LogP contribution in [-0.4, -0.2) is 34.0 Å². The van der Waals surface area contributed by atoms with Crippen molar-refractivity contribution in [2.75, 3.05) is 11.9 Å². The molecule has 0 unspecified atom stereocenters. The highest BCUT2D eigenvalue weighted by molar-refractivity contribution is 6.36. The topological polar surface area (TPSA) is 75.4 Å². The van der Waals surface area contributed by atoms with Gasteiger partial charge in [-0.3, -0.25) is 9.59 Å². The molecule has 0 spiro atoms. The minimum Gasteiger partial charge on any atom is -0.360 e. The van der Waals surface area contributed by atoms with Crippen LogP contribution in [0.2, 0.25) is 10.0 Å². The van der Waals surface area contributed by atoms with Crippen molar-refractivity contribution in [2.45, 2.75) is 33.2 Å². The van der Waals surface area contributed by atoms with E-state index in [2.05, 4.69) is 10.5 Å². The Morgan fingerprint density at radius 1 is 1.24 bits per heavy atom. The highest BCUT2D eigenvalue weighted by atomic mass is 35.5. The summed E-state index contributed by atoms with van der Waals surface area (Å²) in [5.41, 5.74) is -0.317. The molecule has 25 heavy (non-hydrogen) atoms. The lowest BCUT2D eigenvalue weighted by Crippen LogP contribution is -2.49. The zero-order valence-corrected chi connectivity index (χ0v) is 15.9. The molecule has 0 saturated carbocycles. The molecular formula is C17H19Cl2N3O3. The smallest absolute Gasteiger partial charge is 0.256 e. The fourth-order valence-electron chi connectivity index (χ4n) is 2.17. The number of rotatable bonds is 4. The van der Waals surface area contributed by atoms with Gasteiger partial charge in [0.2, 0.25) is 5.91 Å². The van der Waals surface area contributed by atoms with Crippen molar-refractivity contribution in [3.63, 3.8) is 0 Å². The molecule has 0 aliphatic rings. The van der Waals surface area contributed by atoms with Crippen molar-refractivity contribution >= 4 is 40.8 Å². The second-order valence-electron chi connectivity index (χ2n) is 6.56. The maximum Gasteiger partial charge on any atom is 0.256 e. The van der Waals surface area contributed by atoms with Gasteiger partial charge >= 0.3 is 0 Å². The zero-order chi connectivity index (χ0) is 18.8. The van der Waals surface area contributed by atoms with Gasteiger partial charge in [0.15, 0.2) is 5.82 Å². The maximum absolute atomic E-state index is 12.9. The lowest BCUT2D eigenvalue weighted by atomic mass is 10.0. The van der Waals surface area contributed by atoms with Crippen molar-refractivity contribution < 1.29 is 14.1 Å². The quantitative estimate of drug-likeness (QED) is 0.859. The highest BCUT2D eigenvalue weighted by Crippen LogP contribution is 2.25. The van der Waals surface area contributed by atoms with Gasteiger partial charge in [0.05, 0.1) is 10.6 Å². The first kappa shape index (κ1) is 19.3. The number of benzene rings is 1. The molecular weight excluding hydrogens is 365 g/mol. The number of hydrogen-bond acceptors (Lipinski definition) is 4. The molecule has 2 rings (SSSR count). The van der Waals surface area contributed by atoms with E-state index in [1.165, 1.54) is 11.0 Å². The van der Waals surface area contributed by atoms with E-state index in [0.29, 0.717) is 16.6 Å². The van der Waals surface area contributed by atoms with Crippen LogP contribution in [0.4, 0.5) is 5.82 Å². The normalized spacial score (nSPS) is 11.3. The molecule has 1 N–H and O–H groups in total. The molecule has 2 amide bonds. The first-order valence-corrected chi connectivity index (χ1v) is 8.33. The van der Waals surface area contributed by atoms with Crippen LogP contribution in [0, 0.1) is 6.92 Å². The van der Waals surface area contributed by atoms with Gasteiger partial charge in [-0.05, 0) is 45.9 Å². The summed E-state index contributed by atoms with van der Waals surface area (Å²) in [6, 6.07) is 6.22. The molecule has 1 aromatic heterocycles. The first-order chi connectivity index (χ1) is 11.6. The number of carbonyl (C=O) groups excluding carboxylic acids is 2. The first-order valence-electron chi connectivity index (χ1n) is 7.58. The summed E-state index contributed by atoms with van der Waals surface area (Å²) in [6.45, 7) is 7.07. The van der Waals surface area contributed by atoms with Gasteiger partial charge in [0.1, 0.15) is 12.3 Å². The number of nitrogens with one attached hydrogen (secondary N) is 1. The van der Waals surface area contributed by atoms with E-state index in [1.54, 1.807) is 25.1 Å². The zero-order valence-electron chi connectivity index (χ0n) is 14.4. The van der Waals surface area contributed by atoms with Gasteiger partial charge in [-0.25, -0.2) is 0 Å². The van der Waals surface area contributed by atoms with Gasteiger partial charge < -0.3 is 14.7 Å². The fraction of sp³-hybridized carbons (Fsp3) is 0.353. The lowest BCUT2D eigenvalue weighted by molar-refractivity contribution is -0.117. The summed E-state index contributed by atoms with van der Waals surface area (Å²) in [5.74, 6) is 0.127. The summed E-state index contributed by atoms with van der Waals surface area (Å²) >= 11 is 12.0. The maximum atomic E-state index is 12.9. The average Bonchev–Trinajstić information content (AvgIpc) is 2.88. The average molecular weight is 384 g/mol. The van der Waals surface area contributed by atoms with E-state index < -0.39 is 5.54 Å². The largest absolute Gasteiger partial charge is 0.360 e. The number of halogens is 2. The van der Waals surface area contributed by atoms with E-state index in [-0.39, 0.29) is 28.9 Å². The lowest BCUT2D eigenvalue weighted by Gasteiger charge is -2.35. The van der Waals surface area contributed by atoms with Crippen LogP contribution >= 0.6 is 23.2 Å². The van der Waals surface area contributed by atoms with Crippen LogP contribution in [0.3, 0.4) is 0 Å². The van der Waals surface area contributed by atoms with E-state index in [0.717, 1.165) is 0 Å². The molecule has 0 atom stereocenters. The van der Waals surface area contributed by atoms with Crippen molar-refractivity contribution in [3.8, 4) is 0 Å². The van der Waals surface area contributed by atoms with E-state index in [9.17, 15) is 9.59 Å². The summed E-state index contributed by atoms with van der Waals surface area (Å²) in [5, 5.41) is 6.98. The van der Waals surface area contributed by atoms with Crippen LogP contribution in [0.1, 0.15) is 36.9 Å². The Bertz CT molecular complexity index is 797. The number of amides is 2. The second kappa shape index (κ2) is 7.45. The third-order valence-electron chi connectivity index (χ3n) is 3.41. The Balaban J connectivity index is 2.21. The number of hydrogen-bond donors (Lipinski definition) is 1. The highest BCUT2D eigenvalue weighted by Gasteiger charge is 2.30. The number of anilines is 1. The SMILES string of the molecule is Cc1cc(NC(=O)CN(C(=O)c2ccc(Cl)cc2Cl)C(C)(C)C)no1. The van der Waals surface area contributed by atoms with Crippen molar-refractivity contribution in [1.29, 1.82) is 0 Å². The summed E-state index contributed by atoms with van der Waals surface area (Å²) in [6.07, 6.45) is 0. The molecule has 1 aromatic carbocycles. The van der Waals surface area contributed by atoms with Crippen LogP contribution in [0.5, 0.6) is 0 Å². The number of aryl methyl sites for hydroxylation is 1. The van der Waals surface area contributed by atoms with Gasteiger partial charge in [0, 0.05) is 16.6 Å². The third-order valence-corrected chi connectivity index (χ3v) is 3.96. The van der Waals surface area contributed by atoms with E-state index in [1.807, 2.05) is 20.8 Å². The second-order valence-corrected chi connectivity index (χ2v) is 7.40. The molecule has 0 aliphatic carbocycles. The summed E-state index contributed by atoms with van der Waals surface area (Å²) < 4.78 is 4.91. The minimum absolute atomic E-state index is 0.160. The fourth-order valence-corrected chi connectivity index (χ4v) is 2.66. The molecule has 0 saturated heterocycles. The van der Waals surface area contributed by atoms with Crippen LogP contribution < -0.4 is 5.32 Å². The molecule has 0 fully saturated rings. The molecule has 8 heteroatoms. The van der Waals surface area contributed by atoms with Crippen molar-refractivity contribution in [3.05, 3.63) is 45.6 Å². The van der Waals surface area contributed by atoms with Crippen molar-refractivity contribution in [2.24, 2.45) is 0 Å². The predicted molar refractivity (Wildman–Crippen MR) is 97.1 cm³/mol. The Kier molecular flexibility index (Phi) is 5.75. The minimum atomic E-state index is -0.600. The number of aromatic nitrogens is 1. The number of nitrogens with zero attached hydrogens (tertiary/aromatic N) is 2. The molecule has 1 heterocycles. The Morgan fingerprint density at radius 3 is 2.44 bits per heavy atom. The standard InChI is InChI=1S/C17H19Cl2N3O3/c1-10-7-14(21-25-10)20-15(23)9-22(17(2,3)4)16(24)12-6-5-11(18)8-13(12)19/h5-8H,9H2,1-4H3,(H,20,21,23). The Hall–Kier alpha value is -2.05. The monoisotopic (exact) mass is 383 g/mol. The molecule has 2 aromatic rings. The van der Waals surface area contributed by atoms with Crippen LogP contribution in [0.15, 0.2) is 28.8 Å². The van der Waals surface area contributed by atoms with Crippen LogP contribution in [0.25, 0.3) is 0 Å². The predicted octanol–water partition coefficient (Wildman–Crippen LogP) is 4.17. The Morgan fingerprint density at radius 2 is 1.92 bits per heavy atom.